The molecule has 1 unspecified atom stereocenters. The number of rotatable bonds is 37. The molecule has 0 rings (SSSR count). The Morgan fingerprint density at radius 2 is 0.682 bits per heavy atom. The van der Waals surface area contributed by atoms with Crippen LogP contribution in [0.3, 0.4) is 0 Å². The van der Waals surface area contributed by atoms with Crippen molar-refractivity contribution in [2.45, 2.75) is 245 Å². The second-order valence-corrected chi connectivity index (χ2v) is 13.8. The van der Waals surface area contributed by atoms with Gasteiger partial charge in [-0.15, -0.1) is 0 Å². The first kappa shape index (κ1) is 42.9. The van der Waals surface area contributed by atoms with Crippen LogP contribution < -0.4 is 0 Å². The molecule has 0 aromatic heterocycles. The zero-order valence-electron chi connectivity index (χ0n) is 30.0. The molecule has 0 aliphatic rings. The Kier molecular flexibility index (Phi) is 35.5. The number of carboxylic acid groups (broad SMARTS) is 1. The number of hydrogen-bond donors (Lipinski definition) is 1. The van der Waals surface area contributed by atoms with E-state index in [1.54, 1.807) is 0 Å². The van der Waals surface area contributed by atoms with Gasteiger partial charge in [0.25, 0.3) is 0 Å². The lowest BCUT2D eigenvalue weighted by molar-refractivity contribution is -0.150. The average molecular weight is 623 g/mol. The molecule has 4 nitrogen and oxygen atoms in total. The van der Waals surface area contributed by atoms with Gasteiger partial charge in [0.15, 0.2) is 0 Å². The van der Waals surface area contributed by atoms with Gasteiger partial charge in [0.2, 0.25) is 0 Å². The third-order valence-electron chi connectivity index (χ3n) is 9.33. The molecule has 0 aromatic carbocycles. The highest BCUT2D eigenvalue weighted by Gasteiger charge is 2.14. The quantitative estimate of drug-likeness (QED) is 0.0553. The molecule has 0 aromatic rings. The Labute approximate surface area is 275 Å². The highest BCUT2D eigenvalue weighted by Crippen LogP contribution is 2.19. The summed E-state index contributed by atoms with van der Waals surface area (Å²) in [5, 5.41) is 8.74. The Morgan fingerprint density at radius 3 is 1.02 bits per heavy atom. The van der Waals surface area contributed by atoms with Crippen LogP contribution in [0.4, 0.5) is 0 Å². The van der Waals surface area contributed by atoms with E-state index in [0.29, 0.717) is 6.42 Å². The van der Waals surface area contributed by atoms with Crippen molar-refractivity contribution in [3.63, 3.8) is 0 Å². The lowest BCUT2D eigenvalue weighted by Gasteiger charge is -2.18. The van der Waals surface area contributed by atoms with Crippen molar-refractivity contribution < 1.29 is 19.4 Å². The van der Waals surface area contributed by atoms with E-state index in [2.05, 4.69) is 13.8 Å². The molecule has 44 heavy (non-hydrogen) atoms. The molecule has 1 atom stereocenters. The van der Waals surface area contributed by atoms with Crippen LogP contribution in [-0.4, -0.2) is 23.1 Å². The number of carboxylic acids is 1. The molecule has 0 aliphatic carbocycles. The minimum Gasteiger partial charge on any atom is -0.481 e. The van der Waals surface area contributed by atoms with Gasteiger partial charge in [-0.25, -0.2) is 0 Å². The molecule has 0 fully saturated rings. The molecular weight excluding hydrogens is 544 g/mol. The third kappa shape index (κ3) is 35.4. The van der Waals surface area contributed by atoms with Crippen molar-refractivity contribution in [3.8, 4) is 0 Å². The number of hydrogen-bond acceptors (Lipinski definition) is 3. The summed E-state index contributed by atoms with van der Waals surface area (Å²) in [5.41, 5.74) is 0. The molecule has 0 bridgehead atoms. The SMILES string of the molecule is CCCCCCCCCCCCCCCCCCCCCCCC(=O)OC(CCCCCC)CCCCCCCCC(=O)O. The molecule has 1 N–H and O–H groups in total. The Bertz CT molecular complexity index is 590. The van der Waals surface area contributed by atoms with Crippen molar-refractivity contribution in [2.24, 2.45) is 0 Å². The van der Waals surface area contributed by atoms with Gasteiger partial charge in [0.05, 0.1) is 0 Å². The highest BCUT2D eigenvalue weighted by molar-refractivity contribution is 5.69. The van der Waals surface area contributed by atoms with Crippen LogP contribution in [0.15, 0.2) is 0 Å². The topological polar surface area (TPSA) is 63.6 Å². The van der Waals surface area contributed by atoms with E-state index in [9.17, 15) is 9.59 Å². The molecule has 0 heterocycles. The van der Waals surface area contributed by atoms with Crippen LogP contribution >= 0.6 is 0 Å². The molecule has 0 amide bonds. The van der Waals surface area contributed by atoms with E-state index in [0.717, 1.165) is 70.6 Å². The van der Waals surface area contributed by atoms with E-state index in [1.165, 1.54) is 141 Å². The second-order valence-electron chi connectivity index (χ2n) is 13.8. The number of aliphatic carboxylic acids is 1. The van der Waals surface area contributed by atoms with Crippen LogP contribution in [0.5, 0.6) is 0 Å². The van der Waals surface area contributed by atoms with Crippen molar-refractivity contribution in [2.75, 3.05) is 0 Å². The second kappa shape index (κ2) is 36.4. The zero-order chi connectivity index (χ0) is 32.2. The van der Waals surface area contributed by atoms with E-state index in [-0.39, 0.29) is 18.5 Å². The fourth-order valence-corrected chi connectivity index (χ4v) is 6.36. The maximum Gasteiger partial charge on any atom is 0.306 e. The summed E-state index contributed by atoms with van der Waals surface area (Å²) in [6.45, 7) is 4.52. The van der Waals surface area contributed by atoms with Gasteiger partial charge >= 0.3 is 11.9 Å². The molecule has 0 saturated heterocycles. The van der Waals surface area contributed by atoms with Crippen molar-refractivity contribution in [1.82, 2.24) is 0 Å². The summed E-state index contributed by atoms with van der Waals surface area (Å²) in [6, 6.07) is 0. The molecule has 0 spiro atoms. The fourth-order valence-electron chi connectivity index (χ4n) is 6.36. The standard InChI is InChI=1S/C40H78O4/c1-3-5-7-9-10-11-12-13-14-15-16-17-18-19-20-21-22-23-24-29-33-37-40(43)44-38(34-30-8-6-4-2)35-31-27-25-26-28-32-36-39(41)42/h38H,3-37H2,1-2H3,(H,41,42). The van der Waals surface area contributed by atoms with Crippen LogP contribution in [0.1, 0.15) is 239 Å². The summed E-state index contributed by atoms with van der Waals surface area (Å²) in [7, 11) is 0. The van der Waals surface area contributed by atoms with Crippen LogP contribution in [0.2, 0.25) is 0 Å². The molecule has 0 radical (unpaired) electrons. The first-order valence-corrected chi connectivity index (χ1v) is 20.0. The lowest BCUT2D eigenvalue weighted by atomic mass is 10.0. The molecule has 0 saturated carbocycles. The van der Waals surface area contributed by atoms with Gasteiger partial charge < -0.3 is 9.84 Å². The monoisotopic (exact) mass is 623 g/mol. The highest BCUT2D eigenvalue weighted by atomic mass is 16.5. The number of carbonyl (C=O) groups is 2. The van der Waals surface area contributed by atoms with Crippen molar-refractivity contribution >= 4 is 11.9 Å². The fraction of sp³-hybridized carbons (Fsp3) is 0.950. The zero-order valence-corrected chi connectivity index (χ0v) is 30.0. The van der Waals surface area contributed by atoms with Gasteiger partial charge in [-0.2, -0.15) is 0 Å². The minimum atomic E-state index is -0.691. The Hall–Kier alpha value is -1.06. The number of carbonyl (C=O) groups excluding carboxylic acids is 1. The van der Waals surface area contributed by atoms with Crippen LogP contribution in [0, 0.1) is 0 Å². The van der Waals surface area contributed by atoms with Gasteiger partial charge in [0.1, 0.15) is 6.10 Å². The van der Waals surface area contributed by atoms with E-state index in [1.807, 2.05) is 0 Å². The average Bonchev–Trinajstić information content (AvgIpc) is 3.01. The van der Waals surface area contributed by atoms with Crippen molar-refractivity contribution in [1.29, 1.82) is 0 Å². The van der Waals surface area contributed by atoms with Crippen molar-refractivity contribution in [3.05, 3.63) is 0 Å². The summed E-state index contributed by atoms with van der Waals surface area (Å²) in [5.74, 6) is -0.680. The Morgan fingerprint density at radius 1 is 0.409 bits per heavy atom. The number of ether oxygens (including phenoxy) is 1. The maximum absolute atomic E-state index is 12.5. The summed E-state index contributed by atoms with van der Waals surface area (Å²) < 4.78 is 5.94. The smallest absolute Gasteiger partial charge is 0.306 e. The predicted octanol–water partition coefficient (Wildman–Crippen LogP) is 13.7. The Balaban J connectivity index is 3.63. The van der Waals surface area contributed by atoms with Gasteiger partial charge in [-0.1, -0.05) is 187 Å². The minimum absolute atomic E-state index is 0.0111. The third-order valence-corrected chi connectivity index (χ3v) is 9.33. The summed E-state index contributed by atoms with van der Waals surface area (Å²) >= 11 is 0. The number of unbranched alkanes of at least 4 members (excludes halogenated alkanes) is 28. The summed E-state index contributed by atoms with van der Waals surface area (Å²) in [4.78, 5) is 23.1. The normalized spacial score (nSPS) is 12.0. The molecular formula is C40H78O4. The first-order valence-electron chi connectivity index (χ1n) is 20.0. The summed E-state index contributed by atoms with van der Waals surface area (Å²) in [6.07, 6.45) is 43.0. The largest absolute Gasteiger partial charge is 0.481 e. The van der Waals surface area contributed by atoms with E-state index >= 15 is 0 Å². The molecule has 0 aliphatic heterocycles. The predicted molar refractivity (Wildman–Crippen MR) is 190 cm³/mol. The van der Waals surface area contributed by atoms with Gasteiger partial charge in [-0.3, -0.25) is 9.59 Å². The number of esters is 1. The first-order chi connectivity index (χ1) is 21.6. The van der Waals surface area contributed by atoms with Gasteiger partial charge in [0, 0.05) is 12.8 Å². The van der Waals surface area contributed by atoms with E-state index in [4.69, 9.17) is 9.84 Å². The maximum atomic E-state index is 12.5. The molecule has 4 heteroatoms. The lowest BCUT2D eigenvalue weighted by Crippen LogP contribution is -2.18. The molecule has 262 valence electrons. The van der Waals surface area contributed by atoms with Crippen LogP contribution in [0.25, 0.3) is 0 Å². The van der Waals surface area contributed by atoms with E-state index < -0.39 is 5.97 Å². The van der Waals surface area contributed by atoms with Crippen LogP contribution in [-0.2, 0) is 14.3 Å². The van der Waals surface area contributed by atoms with Gasteiger partial charge in [-0.05, 0) is 38.5 Å².